The van der Waals surface area contributed by atoms with Crippen LogP contribution in [0.4, 0.5) is 36.8 Å². The van der Waals surface area contributed by atoms with Gasteiger partial charge in [0.15, 0.2) is 0 Å². The van der Waals surface area contributed by atoms with E-state index in [9.17, 15) is 35.9 Å². The average Bonchev–Trinajstić information content (AvgIpc) is 3.12. The fraction of sp³-hybridized carbons (Fsp3) is 0.450. The van der Waals surface area contributed by atoms with Crippen LogP contribution in [-0.2, 0) is 18.9 Å². The van der Waals surface area contributed by atoms with Crippen LogP contribution >= 0.6 is 11.3 Å². The first-order chi connectivity index (χ1) is 15.1. The van der Waals surface area contributed by atoms with Gasteiger partial charge in [-0.05, 0) is 45.9 Å². The number of urea groups is 1. The van der Waals surface area contributed by atoms with E-state index in [4.69, 9.17) is 0 Å². The monoisotopic (exact) mass is 496 g/mol. The molecule has 13 heteroatoms. The molecular weight excluding hydrogens is 474 g/mol. The Bertz CT molecular complexity index is 969. The lowest BCUT2D eigenvalue weighted by Gasteiger charge is -2.26. The summed E-state index contributed by atoms with van der Waals surface area (Å²) in [6.45, 7) is 6.68. The van der Waals surface area contributed by atoms with Gasteiger partial charge in [0.2, 0.25) is 0 Å². The van der Waals surface area contributed by atoms with Gasteiger partial charge in [-0.1, -0.05) is 0 Å². The van der Waals surface area contributed by atoms with E-state index in [2.05, 4.69) is 15.6 Å². The molecule has 0 radical (unpaired) electrons. The molecule has 0 unspecified atom stereocenters. The van der Waals surface area contributed by atoms with E-state index < -0.39 is 47.1 Å². The van der Waals surface area contributed by atoms with Crippen molar-refractivity contribution in [2.45, 2.75) is 58.7 Å². The molecule has 2 N–H and O–H groups in total. The third-order valence-electron chi connectivity index (χ3n) is 4.23. The number of amides is 3. The van der Waals surface area contributed by atoms with E-state index in [1.807, 2.05) is 0 Å². The third-order valence-corrected chi connectivity index (χ3v) is 5.07. The van der Waals surface area contributed by atoms with E-state index in [0.717, 1.165) is 11.3 Å². The number of nitrogens with zero attached hydrogens (tertiary/aromatic N) is 2. The van der Waals surface area contributed by atoms with Crippen molar-refractivity contribution in [2.24, 2.45) is 0 Å². The molecule has 0 aliphatic heterocycles. The summed E-state index contributed by atoms with van der Waals surface area (Å²) in [7, 11) is 0. The van der Waals surface area contributed by atoms with Crippen molar-refractivity contribution in [3.63, 3.8) is 0 Å². The Kier molecular flexibility index (Phi) is 7.99. The number of carbonyl (C=O) groups excluding carboxylic acids is 2. The maximum absolute atomic E-state index is 13.1. The summed E-state index contributed by atoms with van der Waals surface area (Å²) in [5, 5.41) is 6.64. The van der Waals surface area contributed by atoms with Gasteiger partial charge in [-0.15, -0.1) is 11.3 Å². The highest BCUT2D eigenvalue weighted by atomic mass is 32.1. The van der Waals surface area contributed by atoms with Crippen molar-refractivity contribution < 1.29 is 35.9 Å². The maximum Gasteiger partial charge on any atom is 0.416 e. The highest BCUT2D eigenvalue weighted by Gasteiger charge is 2.37. The van der Waals surface area contributed by atoms with E-state index in [1.165, 1.54) is 10.3 Å². The number of anilines is 1. The fourth-order valence-corrected chi connectivity index (χ4v) is 3.45. The summed E-state index contributed by atoms with van der Waals surface area (Å²) in [6.07, 6.45) is -10.1. The first kappa shape index (κ1) is 26.4. The zero-order valence-electron chi connectivity index (χ0n) is 18.1. The minimum absolute atomic E-state index is 0.0187. The van der Waals surface area contributed by atoms with Crippen LogP contribution < -0.4 is 10.6 Å². The van der Waals surface area contributed by atoms with Gasteiger partial charge in [0, 0.05) is 23.2 Å². The van der Waals surface area contributed by atoms with Crippen molar-refractivity contribution in [2.75, 3.05) is 5.32 Å². The number of halogens is 6. The number of nitrogens with one attached hydrogen (secondary N) is 2. The number of aromatic nitrogens is 1. The SMILES string of the molecule is CC(C)NC(=O)c1csc(CN(C(=O)Nc2cc(C(F)(F)F)cc(C(F)(F)F)c2)C(C)C)n1. The molecule has 0 fully saturated rings. The van der Waals surface area contributed by atoms with Crippen molar-refractivity contribution in [3.8, 4) is 0 Å². The zero-order chi connectivity index (χ0) is 25.1. The fourth-order valence-electron chi connectivity index (χ4n) is 2.68. The highest BCUT2D eigenvalue weighted by molar-refractivity contribution is 7.09. The molecular formula is C20H22F6N4O2S. The molecule has 33 heavy (non-hydrogen) atoms. The Morgan fingerprint density at radius 2 is 1.55 bits per heavy atom. The van der Waals surface area contributed by atoms with Gasteiger partial charge in [0.05, 0.1) is 17.7 Å². The second kappa shape index (κ2) is 9.98. The van der Waals surface area contributed by atoms with Crippen LogP contribution in [0, 0.1) is 0 Å². The lowest BCUT2D eigenvalue weighted by Crippen LogP contribution is -2.39. The van der Waals surface area contributed by atoms with Gasteiger partial charge in [-0.25, -0.2) is 9.78 Å². The predicted molar refractivity (Wildman–Crippen MR) is 111 cm³/mol. The molecule has 182 valence electrons. The van der Waals surface area contributed by atoms with Gasteiger partial charge in [0.25, 0.3) is 5.91 Å². The lowest BCUT2D eigenvalue weighted by atomic mass is 10.1. The van der Waals surface area contributed by atoms with Crippen LogP contribution in [-0.4, -0.2) is 33.9 Å². The normalized spacial score (nSPS) is 12.2. The summed E-state index contributed by atoms with van der Waals surface area (Å²) in [5.74, 6) is -0.406. The van der Waals surface area contributed by atoms with Crippen LogP contribution in [0.25, 0.3) is 0 Å². The summed E-state index contributed by atoms with van der Waals surface area (Å²) in [5.41, 5.74) is -3.58. The topological polar surface area (TPSA) is 74.3 Å². The molecule has 0 atom stereocenters. The molecule has 3 amide bonds. The molecule has 1 heterocycles. The number of benzene rings is 1. The number of hydrogen-bond acceptors (Lipinski definition) is 4. The van der Waals surface area contributed by atoms with Crippen LogP contribution in [0.1, 0.15) is 54.3 Å². The van der Waals surface area contributed by atoms with Crippen LogP contribution in [0.3, 0.4) is 0 Å². The standard InChI is InChI=1S/C20H22F6N4O2S/c1-10(2)27-17(31)15-9-33-16(29-15)8-30(11(3)4)18(32)28-14-6-12(19(21,22)23)5-13(7-14)20(24,25)26/h5-7,9-11H,8H2,1-4H3,(H,27,31)(H,28,32). The van der Waals surface area contributed by atoms with Gasteiger partial charge < -0.3 is 15.5 Å². The number of thiazole rings is 1. The maximum atomic E-state index is 13.1. The molecule has 0 aliphatic carbocycles. The van der Waals surface area contributed by atoms with Crippen molar-refractivity contribution in [1.29, 1.82) is 0 Å². The van der Waals surface area contributed by atoms with Crippen molar-refractivity contribution in [1.82, 2.24) is 15.2 Å². The molecule has 0 bridgehead atoms. The largest absolute Gasteiger partial charge is 0.416 e. The summed E-state index contributed by atoms with van der Waals surface area (Å²) in [4.78, 5) is 30.1. The van der Waals surface area contributed by atoms with Gasteiger partial charge in [0.1, 0.15) is 10.7 Å². The van der Waals surface area contributed by atoms with Crippen LogP contribution in [0.5, 0.6) is 0 Å². The summed E-state index contributed by atoms with van der Waals surface area (Å²) in [6, 6.07) is -0.660. The number of carbonyl (C=O) groups is 2. The average molecular weight is 496 g/mol. The molecule has 0 saturated heterocycles. The Morgan fingerprint density at radius 3 is 2.00 bits per heavy atom. The van der Waals surface area contributed by atoms with Crippen LogP contribution in [0.15, 0.2) is 23.6 Å². The molecule has 2 rings (SSSR count). The highest BCUT2D eigenvalue weighted by Crippen LogP contribution is 2.37. The zero-order valence-corrected chi connectivity index (χ0v) is 18.9. The van der Waals surface area contributed by atoms with Gasteiger partial charge in [-0.2, -0.15) is 26.3 Å². The van der Waals surface area contributed by atoms with E-state index in [0.29, 0.717) is 17.1 Å². The van der Waals surface area contributed by atoms with E-state index in [1.54, 1.807) is 27.7 Å². The third kappa shape index (κ3) is 7.34. The van der Waals surface area contributed by atoms with Crippen molar-refractivity contribution in [3.05, 3.63) is 45.4 Å². The minimum Gasteiger partial charge on any atom is -0.349 e. The van der Waals surface area contributed by atoms with Crippen LogP contribution in [0.2, 0.25) is 0 Å². The predicted octanol–water partition coefficient (Wildman–Crippen LogP) is 5.76. The second-order valence-corrected chi connectivity index (χ2v) is 8.64. The Labute approximate surface area is 190 Å². The lowest BCUT2D eigenvalue weighted by molar-refractivity contribution is -0.143. The smallest absolute Gasteiger partial charge is 0.349 e. The first-order valence-electron chi connectivity index (χ1n) is 9.70. The molecule has 1 aromatic heterocycles. The molecule has 0 saturated carbocycles. The first-order valence-corrected chi connectivity index (χ1v) is 10.6. The van der Waals surface area contributed by atoms with E-state index >= 15 is 0 Å². The number of hydrogen-bond donors (Lipinski definition) is 2. The Hall–Kier alpha value is -2.83. The molecule has 1 aromatic carbocycles. The molecule has 2 aromatic rings. The molecule has 0 spiro atoms. The minimum atomic E-state index is -5.04. The Balaban J connectivity index is 2.26. The second-order valence-electron chi connectivity index (χ2n) is 7.70. The number of rotatable bonds is 6. The van der Waals surface area contributed by atoms with Crippen molar-refractivity contribution >= 4 is 29.0 Å². The molecule has 0 aliphatic rings. The molecule has 6 nitrogen and oxygen atoms in total. The summed E-state index contributed by atoms with van der Waals surface area (Å²) >= 11 is 1.09. The van der Waals surface area contributed by atoms with E-state index in [-0.39, 0.29) is 24.3 Å². The van der Waals surface area contributed by atoms with Gasteiger partial charge >= 0.3 is 18.4 Å². The number of alkyl halides is 6. The van der Waals surface area contributed by atoms with Gasteiger partial charge in [-0.3, -0.25) is 4.79 Å². The quantitative estimate of drug-likeness (QED) is 0.500. The Morgan fingerprint density at radius 1 is 1.00 bits per heavy atom. The summed E-state index contributed by atoms with van der Waals surface area (Å²) < 4.78 is 78.4.